The molecule has 0 atom stereocenters. The highest BCUT2D eigenvalue weighted by molar-refractivity contribution is 5.82. The van der Waals surface area contributed by atoms with Crippen molar-refractivity contribution in [1.29, 1.82) is 0 Å². The molecule has 0 heterocycles. The van der Waals surface area contributed by atoms with Crippen LogP contribution < -0.4 is 10.6 Å². The fraction of sp³-hybridized carbons (Fsp3) is 0.857. The molecule has 5 heteroatoms. The van der Waals surface area contributed by atoms with Crippen LogP contribution in [0.3, 0.4) is 0 Å². The van der Waals surface area contributed by atoms with Crippen molar-refractivity contribution in [2.45, 2.75) is 64.0 Å². The zero-order chi connectivity index (χ0) is 14.1. The van der Waals surface area contributed by atoms with Gasteiger partial charge in [-0.3, -0.25) is 4.79 Å². The quantitative estimate of drug-likeness (QED) is 0.822. The summed E-state index contributed by atoms with van der Waals surface area (Å²) in [6, 6.07) is 0. The predicted molar refractivity (Wildman–Crippen MR) is 71.7 cm³/mol. The van der Waals surface area contributed by atoms with Crippen molar-refractivity contribution in [3.63, 3.8) is 0 Å². The molecule has 108 valence electrons. The molecular formula is C14H24N2O3. The number of nitrogens with one attached hydrogen (secondary N) is 2. The Morgan fingerprint density at radius 1 is 1.26 bits per heavy atom. The number of amides is 2. The fourth-order valence-corrected chi connectivity index (χ4v) is 3.17. The van der Waals surface area contributed by atoms with Crippen LogP contribution in [-0.2, 0) is 9.53 Å². The summed E-state index contributed by atoms with van der Waals surface area (Å²) in [6.45, 7) is 5.37. The molecule has 5 nitrogen and oxygen atoms in total. The second-order valence-corrected chi connectivity index (χ2v) is 6.83. The van der Waals surface area contributed by atoms with E-state index in [0.717, 1.165) is 25.2 Å². The minimum absolute atomic E-state index is 0.0113. The smallest absolute Gasteiger partial charge is 0.408 e. The van der Waals surface area contributed by atoms with Crippen LogP contribution in [0.25, 0.3) is 0 Å². The largest absolute Gasteiger partial charge is 0.444 e. The van der Waals surface area contributed by atoms with Crippen LogP contribution in [0, 0.1) is 5.92 Å². The highest BCUT2D eigenvalue weighted by atomic mass is 16.6. The summed E-state index contributed by atoms with van der Waals surface area (Å²) < 4.78 is 5.09. The van der Waals surface area contributed by atoms with Gasteiger partial charge in [0.25, 0.3) is 0 Å². The first-order valence-electron chi connectivity index (χ1n) is 7.06. The zero-order valence-electron chi connectivity index (χ0n) is 12.0. The topological polar surface area (TPSA) is 67.4 Å². The highest BCUT2D eigenvalue weighted by Crippen LogP contribution is 2.47. The Morgan fingerprint density at radius 3 is 2.37 bits per heavy atom. The average molecular weight is 268 g/mol. The number of alkyl carbamates (subject to hydrolysis) is 1. The van der Waals surface area contributed by atoms with Gasteiger partial charge in [0.2, 0.25) is 5.91 Å². The van der Waals surface area contributed by atoms with Gasteiger partial charge in [-0.1, -0.05) is 0 Å². The van der Waals surface area contributed by atoms with E-state index in [4.69, 9.17) is 4.74 Å². The lowest BCUT2D eigenvalue weighted by Crippen LogP contribution is -2.49. The van der Waals surface area contributed by atoms with Crippen molar-refractivity contribution < 1.29 is 14.3 Å². The van der Waals surface area contributed by atoms with Gasteiger partial charge in [0.1, 0.15) is 12.1 Å². The summed E-state index contributed by atoms with van der Waals surface area (Å²) >= 11 is 0. The molecule has 0 saturated heterocycles. The number of ether oxygens (including phenoxy) is 1. The SMILES string of the molecule is CC(C)(C)OC(=O)NCC(=O)NC12CCC(CC1)C2. The first-order chi connectivity index (χ1) is 8.78. The standard InChI is InChI=1S/C14H24N2O3/c1-13(2,3)19-12(18)15-9-11(17)16-14-6-4-10(8-14)5-7-14/h10H,4-9H2,1-3H3,(H,15,18)(H,16,17). The van der Waals surface area contributed by atoms with Crippen LogP contribution in [-0.4, -0.2) is 29.7 Å². The molecule has 2 saturated carbocycles. The van der Waals surface area contributed by atoms with E-state index in [9.17, 15) is 9.59 Å². The van der Waals surface area contributed by atoms with E-state index in [1.165, 1.54) is 12.8 Å². The Labute approximate surface area is 114 Å². The van der Waals surface area contributed by atoms with E-state index >= 15 is 0 Å². The van der Waals surface area contributed by atoms with Crippen LogP contribution in [0.4, 0.5) is 4.79 Å². The van der Waals surface area contributed by atoms with Crippen molar-refractivity contribution in [1.82, 2.24) is 10.6 Å². The van der Waals surface area contributed by atoms with Gasteiger partial charge >= 0.3 is 6.09 Å². The number of hydrogen-bond donors (Lipinski definition) is 2. The van der Waals surface area contributed by atoms with Crippen molar-refractivity contribution in [3.8, 4) is 0 Å². The minimum Gasteiger partial charge on any atom is -0.444 e. The van der Waals surface area contributed by atoms with Crippen LogP contribution in [0.5, 0.6) is 0 Å². The lowest BCUT2D eigenvalue weighted by Gasteiger charge is -2.28. The molecule has 0 aromatic rings. The van der Waals surface area contributed by atoms with Crippen LogP contribution in [0.2, 0.25) is 0 Å². The minimum atomic E-state index is -0.545. The summed E-state index contributed by atoms with van der Waals surface area (Å²) in [5.74, 6) is 0.674. The van der Waals surface area contributed by atoms with Gasteiger partial charge < -0.3 is 15.4 Å². The highest BCUT2D eigenvalue weighted by Gasteiger charge is 2.45. The molecular weight excluding hydrogens is 244 g/mol. The average Bonchev–Trinajstić information content (AvgIpc) is 2.83. The van der Waals surface area contributed by atoms with Crippen molar-refractivity contribution >= 4 is 12.0 Å². The number of carbonyl (C=O) groups is 2. The second kappa shape index (κ2) is 5.02. The van der Waals surface area contributed by atoms with Gasteiger partial charge in [-0.2, -0.15) is 0 Å². The molecule has 0 radical (unpaired) electrons. The molecule has 0 aromatic heterocycles. The summed E-state index contributed by atoms with van der Waals surface area (Å²) in [5.41, 5.74) is -0.527. The summed E-state index contributed by atoms with van der Waals surface area (Å²) in [7, 11) is 0. The van der Waals surface area contributed by atoms with E-state index in [1.807, 2.05) is 0 Å². The van der Waals surface area contributed by atoms with Gasteiger partial charge in [-0.25, -0.2) is 4.79 Å². The molecule has 19 heavy (non-hydrogen) atoms. The van der Waals surface area contributed by atoms with Gasteiger partial charge in [-0.05, 0) is 58.8 Å². The van der Waals surface area contributed by atoms with E-state index in [0.29, 0.717) is 0 Å². The van der Waals surface area contributed by atoms with E-state index in [-0.39, 0.29) is 18.0 Å². The molecule has 0 unspecified atom stereocenters. The molecule has 2 rings (SSSR count). The third-order valence-electron chi connectivity index (χ3n) is 3.94. The van der Waals surface area contributed by atoms with Gasteiger partial charge in [0.15, 0.2) is 0 Å². The molecule has 2 aliphatic carbocycles. The Morgan fingerprint density at radius 2 is 1.89 bits per heavy atom. The van der Waals surface area contributed by atoms with E-state index in [1.54, 1.807) is 20.8 Å². The Balaban J connectivity index is 1.72. The lowest BCUT2D eigenvalue weighted by atomic mass is 9.94. The third-order valence-corrected chi connectivity index (χ3v) is 3.94. The third kappa shape index (κ3) is 3.85. The molecule has 2 N–H and O–H groups in total. The first kappa shape index (κ1) is 14.2. The first-order valence-corrected chi connectivity index (χ1v) is 7.06. The Bertz CT molecular complexity index is 365. The fourth-order valence-electron chi connectivity index (χ4n) is 3.17. The van der Waals surface area contributed by atoms with Gasteiger partial charge in [0, 0.05) is 5.54 Å². The van der Waals surface area contributed by atoms with E-state index < -0.39 is 11.7 Å². The maximum Gasteiger partial charge on any atom is 0.408 e. The zero-order valence-corrected chi connectivity index (χ0v) is 12.0. The van der Waals surface area contributed by atoms with Gasteiger partial charge in [0.05, 0.1) is 0 Å². The van der Waals surface area contributed by atoms with Crippen molar-refractivity contribution in [2.24, 2.45) is 5.92 Å². The summed E-state index contributed by atoms with van der Waals surface area (Å²) in [6.07, 6.45) is 5.16. The monoisotopic (exact) mass is 268 g/mol. The maximum atomic E-state index is 11.9. The van der Waals surface area contributed by atoms with Crippen LogP contribution in [0.1, 0.15) is 52.9 Å². The van der Waals surface area contributed by atoms with Crippen molar-refractivity contribution in [3.05, 3.63) is 0 Å². The summed E-state index contributed by atoms with van der Waals surface area (Å²) in [4.78, 5) is 23.3. The predicted octanol–water partition coefficient (Wildman–Crippen LogP) is 1.96. The number of carbonyl (C=O) groups excluding carboxylic acids is 2. The molecule has 2 bridgehead atoms. The van der Waals surface area contributed by atoms with Crippen LogP contribution in [0.15, 0.2) is 0 Å². The number of fused-ring (bicyclic) bond motifs is 2. The number of rotatable bonds is 3. The Kier molecular flexibility index (Phi) is 3.74. The van der Waals surface area contributed by atoms with Gasteiger partial charge in [-0.15, -0.1) is 0 Å². The number of hydrogen-bond acceptors (Lipinski definition) is 3. The lowest BCUT2D eigenvalue weighted by molar-refractivity contribution is -0.122. The molecule has 0 aliphatic heterocycles. The molecule has 0 spiro atoms. The molecule has 2 amide bonds. The Hall–Kier alpha value is -1.26. The molecule has 2 aliphatic rings. The molecule has 0 aromatic carbocycles. The normalized spacial score (nSPS) is 29.1. The maximum absolute atomic E-state index is 11.9. The van der Waals surface area contributed by atoms with E-state index in [2.05, 4.69) is 10.6 Å². The van der Waals surface area contributed by atoms with Crippen molar-refractivity contribution in [2.75, 3.05) is 6.54 Å². The summed E-state index contributed by atoms with van der Waals surface area (Å²) in [5, 5.41) is 5.59. The second-order valence-electron chi connectivity index (χ2n) is 6.83. The molecule has 2 fully saturated rings. The van der Waals surface area contributed by atoms with Crippen LogP contribution >= 0.6 is 0 Å².